The molecule has 1 saturated carbocycles. The van der Waals surface area contributed by atoms with Gasteiger partial charge in [-0.2, -0.15) is 0 Å². The maximum atomic E-state index is 12.8. The summed E-state index contributed by atoms with van der Waals surface area (Å²) in [6, 6.07) is 3.51. The minimum atomic E-state index is -3.09. The van der Waals surface area contributed by atoms with Gasteiger partial charge in [-0.05, 0) is 36.8 Å². The molecule has 2 heterocycles. The molecule has 0 bridgehead atoms. The van der Waals surface area contributed by atoms with E-state index in [1.54, 1.807) is 11.0 Å². The highest BCUT2D eigenvalue weighted by atomic mass is 32.2. The largest absolute Gasteiger partial charge is 0.452 e. The summed E-state index contributed by atoms with van der Waals surface area (Å²) in [6.07, 6.45) is 8.42. The van der Waals surface area contributed by atoms with Gasteiger partial charge in [0.05, 0.1) is 11.5 Å². The minimum Gasteiger partial charge on any atom is -0.452 e. The van der Waals surface area contributed by atoms with Crippen LogP contribution in [0.4, 0.5) is 0 Å². The fourth-order valence-corrected chi connectivity index (χ4v) is 6.18. The van der Waals surface area contributed by atoms with Crippen LogP contribution in [0.5, 0.6) is 0 Å². The lowest BCUT2D eigenvalue weighted by atomic mass is 9.93. The average Bonchev–Trinajstić information content (AvgIpc) is 3.29. The molecule has 1 aliphatic heterocycles. The molecule has 1 atom stereocenters. The van der Waals surface area contributed by atoms with Gasteiger partial charge in [0.2, 0.25) is 0 Å². The minimum absolute atomic E-state index is 0.0153. The normalized spacial score (nSPS) is 22.7. The first-order valence-corrected chi connectivity index (χ1v) is 12.0. The van der Waals surface area contributed by atoms with Gasteiger partial charge in [0, 0.05) is 23.0 Å². The highest BCUT2D eigenvalue weighted by Gasteiger charge is 2.38. The Kier molecular flexibility index (Phi) is 6.70. The number of hydrogen-bond acceptors (Lipinski definition) is 6. The molecule has 0 aromatic carbocycles. The van der Waals surface area contributed by atoms with Crippen LogP contribution in [0.3, 0.4) is 0 Å². The van der Waals surface area contributed by atoms with E-state index in [9.17, 15) is 18.0 Å². The fraction of sp³-hybridized carbons (Fsp3) is 0.579. The smallest absolute Gasteiger partial charge is 0.331 e. The van der Waals surface area contributed by atoms with Gasteiger partial charge in [-0.15, -0.1) is 11.3 Å². The number of amides is 1. The zero-order chi connectivity index (χ0) is 19.3. The third kappa shape index (κ3) is 5.65. The molecule has 0 spiro atoms. The predicted octanol–water partition coefficient (Wildman–Crippen LogP) is 2.65. The van der Waals surface area contributed by atoms with Gasteiger partial charge >= 0.3 is 5.97 Å². The van der Waals surface area contributed by atoms with E-state index in [4.69, 9.17) is 4.74 Å². The van der Waals surface area contributed by atoms with Gasteiger partial charge in [-0.1, -0.05) is 25.3 Å². The van der Waals surface area contributed by atoms with E-state index in [1.807, 2.05) is 17.5 Å². The Bertz CT molecular complexity index is 779. The predicted molar refractivity (Wildman–Crippen MR) is 105 cm³/mol. The van der Waals surface area contributed by atoms with E-state index < -0.39 is 15.8 Å². The number of carbonyl (C=O) groups is 2. The lowest BCUT2D eigenvalue weighted by Crippen LogP contribution is -2.50. The first-order valence-electron chi connectivity index (χ1n) is 9.34. The van der Waals surface area contributed by atoms with Crippen molar-refractivity contribution >= 4 is 39.1 Å². The fourth-order valence-electron chi connectivity index (χ4n) is 3.85. The van der Waals surface area contributed by atoms with E-state index in [2.05, 4.69) is 0 Å². The van der Waals surface area contributed by atoms with Crippen LogP contribution in [0.25, 0.3) is 6.08 Å². The lowest BCUT2D eigenvalue weighted by molar-refractivity contribution is -0.151. The Morgan fingerprint density at radius 3 is 2.59 bits per heavy atom. The van der Waals surface area contributed by atoms with E-state index in [0.717, 1.165) is 37.0 Å². The Morgan fingerprint density at radius 2 is 1.96 bits per heavy atom. The molecule has 6 nitrogen and oxygen atoms in total. The second kappa shape index (κ2) is 9.01. The highest BCUT2D eigenvalue weighted by molar-refractivity contribution is 7.91. The van der Waals surface area contributed by atoms with Crippen LogP contribution in [0, 0.1) is 0 Å². The van der Waals surface area contributed by atoms with E-state index in [0.29, 0.717) is 6.42 Å². The number of ether oxygens (including phenoxy) is 1. The van der Waals surface area contributed by atoms with Crippen molar-refractivity contribution in [1.82, 2.24) is 4.90 Å². The van der Waals surface area contributed by atoms with Crippen LogP contribution < -0.4 is 0 Å². The second-order valence-corrected chi connectivity index (χ2v) is 10.3. The molecule has 1 saturated heterocycles. The van der Waals surface area contributed by atoms with E-state index >= 15 is 0 Å². The monoisotopic (exact) mass is 411 g/mol. The lowest BCUT2D eigenvalue weighted by Gasteiger charge is -2.38. The summed E-state index contributed by atoms with van der Waals surface area (Å²) >= 11 is 1.50. The first kappa shape index (κ1) is 20.1. The van der Waals surface area contributed by atoms with Crippen LogP contribution in [-0.4, -0.2) is 55.4 Å². The van der Waals surface area contributed by atoms with Crippen molar-refractivity contribution in [2.75, 3.05) is 18.1 Å². The molecule has 1 aromatic heterocycles. The molecular formula is C19H25NO5S2. The molecule has 148 valence electrons. The number of rotatable bonds is 6. The summed E-state index contributed by atoms with van der Waals surface area (Å²) in [6.45, 7) is -0.347. The summed E-state index contributed by atoms with van der Waals surface area (Å²) in [5.74, 6) is -0.722. The maximum absolute atomic E-state index is 12.8. The van der Waals surface area contributed by atoms with Crippen LogP contribution in [0.2, 0.25) is 0 Å². The van der Waals surface area contributed by atoms with Crippen molar-refractivity contribution in [3.63, 3.8) is 0 Å². The molecule has 1 unspecified atom stereocenters. The first-order chi connectivity index (χ1) is 12.9. The van der Waals surface area contributed by atoms with Gasteiger partial charge in [0.1, 0.15) is 0 Å². The van der Waals surface area contributed by atoms with Gasteiger partial charge in [-0.25, -0.2) is 13.2 Å². The van der Waals surface area contributed by atoms with E-state index in [1.165, 1.54) is 17.4 Å². The Balaban J connectivity index is 1.61. The third-order valence-electron chi connectivity index (χ3n) is 5.12. The molecule has 0 N–H and O–H groups in total. The van der Waals surface area contributed by atoms with Crippen LogP contribution >= 0.6 is 11.3 Å². The second-order valence-electron chi connectivity index (χ2n) is 7.11. The van der Waals surface area contributed by atoms with Crippen molar-refractivity contribution in [2.24, 2.45) is 0 Å². The molecule has 2 fully saturated rings. The molecular weight excluding hydrogens is 386 g/mol. The molecule has 3 rings (SSSR count). The molecule has 1 amide bonds. The summed E-state index contributed by atoms with van der Waals surface area (Å²) < 4.78 is 28.9. The van der Waals surface area contributed by atoms with E-state index in [-0.39, 0.29) is 36.1 Å². The highest BCUT2D eigenvalue weighted by Crippen LogP contribution is 2.28. The number of thiophene rings is 1. The molecule has 1 aromatic rings. The average molecular weight is 412 g/mol. The molecule has 0 radical (unpaired) electrons. The summed E-state index contributed by atoms with van der Waals surface area (Å²) in [5, 5.41) is 1.91. The van der Waals surface area contributed by atoms with Crippen molar-refractivity contribution in [3.05, 3.63) is 28.5 Å². The molecule has 2 aliphatic rings. The topological polar surface area (TPSA) is 80.8 Å². The van der Waals surface area contributed by atoms with Gasteiger partial charge < -0.3 is 9.64 Å². The van der Waals surface area contributed by atoms with Crippen molar-refractivity contribution in [2.45, 2.75) is 50.6 Å². The maximum Gasteiger partial charge on any atom is 0.331 e. The number of esters is 1. The number of carbonyl (C=O) groups excluding carboxylic acids is 2. The summed E-state index contributed by atoms with van der Waals surface area (Å²) in [4.78, 5) is 27.3. The quantitative estimate of drug-likeness (QED) is 0.531. The Hall–Kier alpha value is -1.67. The SMILES string of the molecule is O=C(C=Cc1cccs1)OCC(=O)N(C1CCCCC1)C1CCS(=O)(=O)C1. The molecule has 8 heteroatoms. The van der Waals surface area contributed by atoms with Crippen molar-refractivity contribution < 1.29 is 22.7 Å². The zero-order valence-electron chi connectivity index (χ0n) is 15.2. The number of sulfone groups is 1. The van der Waals surface area contributed by atoms with Crippen LogP contribution in [0.1, 0.15) is 43.4 Å². The van der Waals surface area contributed by atoms with Gasteiger partial charge in [0.25, 0.3) is 5.91 Å². The third-order valence-corrected chi connectivity index (χ3v) is 7.71. The molecule has 1 aliphatic carbocycles. The summed E-state index contributed by atoms with van der Waals surface area (Å²) in [5.41, 5.74) is 0. The van der Waals surface area contributed by atoms with Gasteiger partial charge in [-0.3, -0.25) is 4.79 Å². The van der Waals surface area contributed by atoms with Crippen molar-refractivity contribution in [1.29, 1.82) is 0 Å². The standard InChI is InChI=1S/C19H25NO5S2/c21-18(13-25-19(22)9-8-17-7-4-11-26-17)20(15-5-2-1-3-6-15)16-10-12-27(23,24)14-16/h4,7-9,11,15-16H,1-3,5-6,10,12-14H2. The molecule has 27 heavy (non-hydrogen) atoms. The summed E-state index contributed by atoms with van der Waals surface area (Å²) in [7, 11) is -3.09. The van der Waals surface area contributed by atoms with Gasteiger partial charge in [0.15, 0.2) is 16.4 Å². The Morgan fingerprint density at radius 1 is 1.19 bits per heavy atom. The zero-order valence-corrected chi connectivity index (χ0v) is 16.8. The van der Waals surface area contributed by atoms with Crippen LogP contribution in [-0.2, 0) is 24.2 Å². The Labute approximate surface area is 164 Å². The number of nitrogens with zero attached hydrogens (tertiary/aromatic N) is 1. The van der Waals surface area contributed by atoms with Crippen LogP contribution in [0.15, 0.2) is 23.6 Å². The van der Waals surface area contributed by atoms with Crippen molar-refractivity contribution in [3.8, 4) is 0 Å². The number of hydrogen-bond donors (Lipinski definition) is 0.